The maximum absolute atomic E-state index is 13.0. The van der Waals surface area contributed by atoms with Crippen LogP contribution in [0.15, 0.2) is 48.5 Å². The Labute approximate surface area is 174 Å². The number of amides is 1. The Bertz CT molecular complexity index is 765. The molecule has 0 spiro atoms. The molecule has 1 aliphatic rings. The van der Waals surface area contributed by atoms with E-state index in [1.807, 2.05) is 30.0 Å². The fourth-order valence-corrected chi connectivity index (χ4v) is 3.50. The topological polar surface area (TPSA) is 49.6 Å². The highest BCUT2D eigenvalue weighted by atomic mass is 35.5. The number of nitrogen functional groups attached to an aromatic ring is 1. The summed E-state index contributed by atoms with van der Waals surface area (Å²) in [6.07, 6.45) is 0. The van der Waals surface area contributed by atoms with Gasteiger partial charge in [0.05, 0.1) is 0 Å². The van der Waals surface area contributed by atoms with Crippen LogP contribution in [0.1, 0.15) is 35.3 Å². The zero-order chi connectivity index (χ0) is 18.0. The molecular weight excluding hydrogens is 381 g/mol. The van der Waals surface area contributed by atoms with Crippen molar-refractivity contribution < 1.29 is 4.79 Å². The fourth-order valence-electron chi connectivity index (χ4n) is 3.50. The van der Waals surface area contributed by atoms with Crippen LogP contribution in [0.4, 0.5) is 5.69 Å². The first-order valence-corrected chi connectivity index (χ1v) is 8.81. The summed E-state index contributed by atoms with van der Waals surface area (Å²) in [6, 6.07) is 16.1. The van der Waals surface area contributed by atoms with E-state index in [-0.39, 0.29) is 36.3 Å². The number of hydrogen-bond acceptors (Lipinski definition) is 3. The van der Waals surface area contributed by atoms with E-state index in [2.05, 4.69) is 43.0 Å². The number of halogens is 2. The van der Waals surface area contributed by atoms with Crippen LogP contribution in [-0.4, -0.2) is 40.9 Å². The average molecular weight is 410 g/mol. The molecule has 1 heterocycles. The number of benzene rings is 2. The lowest BCUT2D eigenvalue weighted by Gasteiger charge is -2.47. The largest absolute Gasteiger partial charge is 0.399 e. The van der Waals surface area contributed by atoms with Crippen molar-refractivity contribution in [2.75, 3.05) is 25.4 Å². The number of aryl methyl sites for hydroxylation is 1. The van der Waals surface area contributed by atoms with Crippen LogP contribution in [0.25, 0.3) is 0 Å². The zero-order valence-electron chi connectivity index (χ0n) is 16.1. The number of piperazine rings is 1. The summed E-state index contributed by atoms with van der Waals surface area (Å²) in [5, 5.41) is 0. The highest BCUT2D eigenvalue weighted by Crippen LogP contribution is 2.25. The van der Waals surface area contributed by atoms with Gasteiger partial charge < -0.3 is 10.6 Å². The first-order chi connectivity index (χ1) is 11.9. The van der Waals surface area contributed by atoms with Gasteiger partial charge in [-0.1, -0.05) is 36.4 Å². The van der Waals surface area contributed by atoms with E-state index in [1.54, 1.807) is 6.07 Å². The zero-order valence-corrected chi connectivity index (χ0v) is 17.8. The molecule has 1 fully saturated rings. The molecule has 0 bridgehead atoms. The first kappa shape index (κ1) is 23.3. The van der Waals surface area contributed by atoms with Crippen LogP contribution in [0, 0.1) is 6.92 Å². The second-order valence-electron chi connectivity index (χ2n) is 7.52. The van der Waals surface area contributed by atoms with E-state index in [4.69, 9.17) is 5.73 Å². The quantitative estimate of drug-likeness (QED) is 0.774. The summed E-state index contributed by atoms with van der Waals surface area (Å²) in [6.45, 7) is 9.62. The molecule has 27 heavy (non-hydrogen) atoms. The maximum atomic E-state index is 13.0. The van der Waals surface area contributed by atoms with Gasteiger partial charge in [-0.2, -0.15) is 0 Å². The molecule has 0 saturated carbocycles. The van der Waals surface area contributed by atoms with Crippen molar-refractivity contribution in [1.29, 1.82) is 0 Å². The highest BCUT2D eigenvalue weighted by Gasteiger charge is 2.36. The third kappa shape index (κ3) is 5.38. The van der Waals surface area contributed by atoms with Crippen molar-refractivity contribution in [2.24, 2.45) is 0 Å². The molecule has 3 rings (SSSR count). The van der Waals surface area contributed by atoms with E-state index in [0.717, 1.165) is 25.2 Å². The van der Waals surface area contributed by atoms with Gasteiger partial charge in [-0.25, -0.2) is 0 Å². The number of hydrogen-bond donors (Lipinski definition) is 1. The number of carbonyl (C=O) groups is 1. The summed E-state index contributed by atoms with van der Waals surface area (Å²) in [7, 11) is 0. The van der Waals surface area contributed by atoms with Crippen LogP contribution in [0.3, 0.4) is 0 Å². The van der Waals surface area contributed by atoms with Crippen LogP contribution in [0.5, 0.6) is 0 Å². The van der Waals surface area contributed by atoms with Gasteiger partial charge in [-0.3, -0.25) is 9.69 Å². The van der Waals surface area contributed by atoms with Gasteiger partial charge in [-0.15, -0.1) is 24.8 Å². The van der Waals surface area contributed by atoms with Crippen molar-refractivity contribution in [3.05, 3.63) is 65.2 Å². The second-order valence-corrected chi connectivity index (χ2v) is 7.52. The van der Waals surface area contributed by atoms with Gasteiger partial charge in [0.1, 0.15) is 0 Å². The Kier molecular flexibility index (Phi) is 8.15. The number of anilines is 1. The molecule has 6 heteroatoms. The molecular formula is C21H29Cl2N3O. The minimum absolute atomic E-state index is 0. The Balaban J connectivity index is 0.00000182. The molecule has 0 unspecified atom stereocenters. The monoisotopic (exact) mass is 409 g/mol. The predicted molar refractivity (Wildman–Crippen MR) is 117 cm³/mol. The molecule has 1 saturated heterocycles. The fraction of sp³-hybridized carbons (Fsp3) is 0.381. The Morgan fingerprint density at radius 2 is 1.74 bits per heavy atom. The number of nitrogens with zero attached hydrogens (tertiary/aromatic N) is 2. The molecule has 1 aliphatic heterocycles. The molecule has 2 N–H and O–H groups in total. The summed E-state index contributed by atoms with van der Waals surface area (Å²) in [4.78, 5) is 17.4. The lowest BCUT2D eigenvalue weighted by molar-refractivity contribution is 0.0138. The number of carbonyl (C=O) groups excluding carboxylic acids is 1. The van der Waals surface area contributed by atoms with Crippen molar-refractivity contribution in [2.45, 2.75) is 32.9 Å². The van der Waals surface area contributed by atoms with Crippen LogP contribution in [0.2, 0.25) is 0 Å². The van der Waals surface area contributed by atoms with E-state index in [0.29, 0.717) is 17.8 Å². The van der Waals surface area contributed by atoms with Crippen LogP contribution >= 0.6 is 24.8 Å². The SMILES string of the molecule is Cc1ccc(N)cc1C(=O)N1CCN(Cc2ccccc2)C(C)(C)C1.Cl.Cl. The van der Waals surface area contributed by atoms with Crippen LogP contribution in [-0.2, 0) is 6.54 Å². The minimum atomic E-state index is -0.0714. The first-order valence-electron chi connectivity index (χ1n) is 8.81. The average Bonchev–Trinajstić information content (AvgIpc) is 2.59. The molecule has 0 aromatic heterocycles. The van der Waals surface area contributed by atoms with Crippen molar-refractivity contribution in [1.82, 2.24) is 9.80 Å². The van der Waals surface area contributed by atoms with E-state index in [9.17, 15) is 4.79 Å². The molecule has 0 atom stereocenters. The smallest absolute Gasteiger partial charge is 0.254 e. The van der Waals surface area contributed by atoms with Crippen molar-refractivity contribution in [3.63, 3.8) is 0 Å². The third-order valence-corrected chi connectivity index (χ3v) is 5.07. The highest BCUT2D eigenvalue weighted by molar-refractivity contribution is 5.96. The standard InChI is InChI=1S/C21H27N3O.2ClH/c1-16-9-10-18(22)13-19(16)20(25)23-11-12-24(21(2,3)15-23)14-17-7-5-4-6-8-17;;/h4-10,13H,11-12,14-15,22H2,1-3H3;2*1H. The Morgan fingerprint density at radius 1 is 1.07 bits per heavy atom. The van der Waals surface area contributed by atoms with Crippen molar-refractivity contribution >= 4 is 36.4 Å². The number of nitrogens with two attached hydrogens (primary N) is 1. The third-order valence-electron chi connectivity index (χ3n) is 5.07. The molecule has 2 aromatic carbocycles. The summed E-state index contributed by atoms with van der Waals surface area (Å²) < 4.78 is 0. The van der Waals surface area contributed by atoms with E-state index < -0.39 is 0 Å². The minimum Gasteiger partial charge on any atom is -0.399 e. The molecule has 1 amide bonds. The lowest BCUT2D eigenvalue weighted by atomic mass is 9.96. The molecule has 0 aliphatic carbocycles. The summed E-state index contributed by atoms with van der Waals surface area (Å²) in [5.41, 5.74) is 9.44. The second kappa shape index (κ2) is 9.45. The molecule has 148 valence electrons. The summed E-state index contributed by atoms with van der Waals surface area (Å²) in [5.74, 6) is 0.0808. The van der Waals surface area contributed by atoms with Gasteiger partial charge in [0.15, 0.2) is 0 Å². The van der Waals surface area contributed by atoms with Gasteiger partial charge in [0, 0.05) is 43.0 Å². The van der Waals surface area contributed by atoms with Gasteiger partial charge >= 0.3 is 0 Å². The molecule has 0 radical (unpaired) electrons. The van der Waals surface area contributed by atoms with E-state index in [1.165, 1.54) is 5.56 Å². The lowest BCUT2D eigenvalue weighted by Crippen LogP contribution is -2.60. The Morgan fingerprint density at radius 3 is 2.37 bits per heavy atom. The van der Waals surface area contributed by atoms with Gasteiger partial charge in [0.25, 0.3) is 5.91 Å². The molecule has 4 nitrogen and oxygen atoms in total. The maximum Gasteiger partial charge on any atom is 0.254 e. The molecule has 2 aromatic rings. The van der Waals surface area contributed by atoms with Gasteiger partial charge in [0.2, 0.25) is 0 Å². The van der Waals surface area contributed by atoms with Crippen LogP contribution < -0.4 is 5.73 Å². The Hall–Kier alpha value is -1.75. The number of rotatable bonds is 3. The summed E-state index contributed by atoms with van der Waals surface area (Å²) >= 11 is 0. The normalized spacial score (nSPS) is 16.2. The van der Waals surface area contributed by atoms with Gasteiger partial charge in [-0.05, 0) is 44.0 Å². The predicted octanol–water partition coefficient (Wildman–Crippen LogP) is 4.16. The van der Waals surface area contributed by atoms with Crippen molar-refractivity contribution in [3.8, 4) is 0 Å². The van der Waals surface area contributed by atoms with E-state index >= 15 is 0 Å².